The third kappa shape index (κ3) is 6.75. The van der Waals surface area contributed by atoms with Gasteiger partial charge in [-0.15, -0.1) is 0 Å². The van der Waals surface area contributed by atoms with Gasteiger partial charge in [-0.25, -0.2) is 0 Å². The van der Waals surface area contributed by atoms with Gasteiger partial charge < -0.3 is 0 Å². The van der Waals surface area contributed by atoms with Crippen molar-refractivity contribution in [3.8, 4) is 0 Å². The van der Waals surface area contributed by atoms with Crippen LogP contribution in [-0.2, 0) is 0 Å². The molecule has 2 rings (SSSR count). The monoisotopic (exact) mass is 270 g/mol. The first kappa shape index (κ1) is 16.8. The highest BCUT2D eigenvalue weighted by atomic mass is 14.2. The van der Waals surface area contributed by atoms with Gasteiger partial charge in [0.15, 0.2) is 0 Å². The van der Waals surface area contributed by atoms with Gasteiger partial charge in [0.1, 0.15) is 0 Å². The van der Waals surface area contributed by atoms with E-state index in [1.54, 1.807) is 0 Å². The zero-order valence-corrected chi connectivity index (χ0v) is 14.0. The summed E-state index contributed by atoms with van der Waals surface area (Å²) in [5, 5.41) is 2.64. The van der Waals surface area contributed by atoms with Crippen molar-refractivity contribution in [2.24, 2.45) is 11.3 Å². The Kier molecular flexibility index (Phi) is 6.26. The lowest BCUT2D eigenvalue weighted by molar-refractivity contribution is 0.338. The van der Waals surface area contributed by atoms with Gasteiger partial charge in [-0.05, 0) is 35.4 Å². The molecule has 0 saturated heterocycles. The average molecular weight is 270 g/mol. The molecule has 0 aromatic heterocycles. The number of fused-ring (bicyclic) bond motifs is 1. The molecule has 0 fully saturated rings. The molecular weight excluding hydrogens is 240 g/mol. The minimum absolute atomic E-state index is 0.532. The number of hydrogen-bond acceptors (Lipinski definition) is 0. The van der Waals surface area contributed by atoms with Crippen molar-refractivity contribution in [2.75, 3.05) is 0 Å². The smallest absolute Gasteiger partial charge is 0.0181 e. The molecule has 0 radical (unpaired) electrons. The number of benzene rings is 2. The van der Waals surface area contributed by atoms with Crippen LogP contribution in [0.15, 0.2) is 42.5 Å². The molecule has 20 heavy (non-hydrogen) atoms. The van der Waals surface area contributed by atoms with Crippen LogP contribution < -0.4 is 0 Å². The van der Waals surface area contributed by atoms with Crippen LogP contribution in [0.5, 0.6) is 0 Å². The van der Waals surface area contributed by atoms with Gasteiger partial charge in [-0.1, -0.05) is 89.1 Å². The van der Waals surface area contributed by atoms with E-state index in [2.05, 4.69) is 84.0 Å². The molecule has 0 aliphatic rings. The Morgan fingerprint density at radius 2 is 1.50 bits per heavy atom. The number of rotatable bonds is 2. The maximum absolute atomic E-state index is 2.30. The van der Waals surface area contributed by atoms with Gasteiger partial charge in [0.2, 0.25) is 0 Å². The fourth-order valence-corrected chi connectivity index (χ4v) is 2.03. The summed E-state index contributed by atoms with van der Waals surface area (Å²) in [4.78, 5) is 0. The molecule has 0 heteroatoms. The first-order valence-electron chi connectivity index (χ1n) is 7.73. The highest BCUT2D eigenvalue weighted by Crippen LogP contribution is 2.22. The predicted molar refractivity (Wildman–Crippen MR) is 92.2 cm³/mol. The molecule has 0 atom stereocenters. The summed E-state index contributed by atoms with van der Waals surface area (Å²) >= 11 is 0. The van der Waals surface area contributed by atoms with Crippen LogP contribution in [0, 0.1) is 18.3 Å². The standard InChI is InChI=1S/C11H10.C9H20/c1-9-6-7-10-4-2-3-5-11(10)8-9;1-8(2)6-7-9(3,4)5/h2-8H,1H3;8H,6-7H2,1-5H3. The summed E-state index contributed by atoms with van der Waals surface area (Å²) in [5.41, 5.74) is 1.85. The SMILES string of the molecule is CC(C)CCC(C)(C)C.Cc1ccc2ccccc2c1. The summed E-state index contributed by atoms with van der Waals surface area (Å²) < 4.78 is 0. The molecule has 0 amide bonds. The van der Waals surface area contributed by atoms with Gasteiger partial charge in [-0.3, -0.25) is 0 Å². The molecule has 0 N–H and O–H groups in total. The van der Waals surface area contributed by atoms with Crippen LogP contribution in [0.25, 0.3) is 10.8 Å². The highest BCUT2D eigenvalue weighted by molar-refractivity contribution is 5.82. The van der Waals surface area contributed by atoms with Crippen molar-refractivity contribution >= 4 is 10.8 Å². The fraction of sp³-hybridized carbons (Fsp3) is 0.500. The van der Waals surface area contributed by atoms with Gasteiger partial charge in [-0.2, -0.15) is 0 Å². The second kappa shape index (κ2) is 7.47. The molecule has 0 unspecified atom stereocenters. The molecular formula is C20H30. The second-order valence-electron chi connectivity index (χ2n) is 7.34. The molecule has 0 aliphatic heterocycles. The van der Waals surface area contributed by atoms with Crippen molar-refractivity contribution in [2.45, 2.75) is 54.4 Å². The molecule has 0 saturated carbocycles. The molecule has 0 aliphatic carbocycles. The molecule has 0 nitrogen and oxygen atoms in total. The molecule has 0 heterocycles. The van der Waals surface area contributed by atoms with Crippen molar-refractivity contribution in [3.63, 3.8) is 0 Å². The third-order valence-electron chi connectivity index (χ3n) is 3.38. The van der Waals surface area contributed by atoms with Crippen LogP contribution in [0.4, 0.5) is 0 Å². The minimum atomic E-state index is 0.532. The largest absolute Gasteiger partial charge is 0.0628 e. The van der Waals surface area contributed by atoms with E-state index < -0.39 is 0 Å². The van der Waals surface area contributed by atoms with Gasteiger partial charge in [0.05, 0.1) is 0 Å². The van der Waals surface area contributed by atoms with Gasteiger partial charge >= 0.3 is 0 Å². The number of hydrogen-bond donors (Lipinski definition) is 0. The van der Waals surface area contributed by atoms with Gasteiger partial charge in [0.25, 0.3) is 0 Å². The third-order valence-corrected chi connectivity index (χ3v) is 3.38. The second-order valence-corrected chi connectivity index (χ2v) is 7.34. The average Bonchev–Trinajstić information content (AvgIpc) is 2.36. The van der Waals surface area contributed by atoms with Crippen LogP contribution in [-0.4, -0.2) is 0 Å². The zero-order valence-electron chi connectivity index (χ0n) is 14.0. The van der Waals surface area contributed by atoms with E-state index in [1.165, 1.54) is 29.2 Å². The Balaban J connectivity index is 0.000000206. The molecule has 2 aromatic carbocycles. The lowest BCUT2D eigenvalue weighted by atomic mass is 9.88. The predicted octanol–water partition coefficient (Wildman–Crippen LogP) is 6.62. The van der Waals surface area contributed by atoms with E-state index in [0.29, 0.717) is 5.41 Å². The zero-order chi connectivity index (χ0) is 15.2. The number of aryl methyl sites for hydroxylation is 1. The maximum Gasteiger partial charge on any atom is -0.0181 e. The lowest BCUT2D eigenvalue weighted by Crippen LogP contribution is -2.05. The molecule has 2 aromatic rings. The fourth-order valence-electron chi connectivity index (χ4n) is 2.03. The maximum atomic E-state index is 2.30. The van der Waals surface area contributed by atoms with E-state index in [1.807, 2.05) is 0 Å². The minimum Gasteiger partial charge on any atom is -0.0628 e. The van der Waals surface area contributed by atoms with E-state index in [-0.39, 0.29) is 0 Å². The van der Waals surface area contributed by atoms with Crippen molar-refractivity contribution in [3.05, 3.63) is 48.0 Å². The first-order valence-corrected chi connectivity index (χ1v) is 7.73. The molecule has 0 spiro atoms. The van der Waals surface area contributed by atoms with E-state index in [9.17, 15) is 0 Å². The summed E-state index contributed by atoms with van der Waals surface area (Å²) in [7, 11) is 0. The van der Waals surface area contributed by atoms with E-state index >= 15 is 0 Å². The Bertz CT molecular complexity index is 515. The van der Waals surface area contributed by atoms with Crippen molar-refractivity contribution in [1.29, 1.82) is 0 Å². The summed E-state index contributed by atoms with van der Waals surface area (Å²) in [6, 6.07) is 14.9. The van der Waals surface area contributed by atoms with Crippen molar-refractivity contribution < 1.29 is 0 Å². The topological polar surface area (TPSA) is 0 Å². The molecule has 110 valence electrons. The van der Waals surface area contributed by atoms with Crippen LogP contribution in [0.2, 0.25) is 0 Å². The highest BCUT2D eigenvalue weighted by Gasteiger charge is 2.09. The van der Waals surface area contributed by atoms with Crippen molar-refractivity contribution in [1.82, 2.24) is 0 Å². The first-order chi connectivity index (χ1) is 9.28. The quantitative estimate of drug-likeness (QED) is 0.575. The van der Waals surface area contributed by atoms with Gasteiger partial charge in [0, 0.05) is 0 Å². The lowest BCUT2D eigenvalue weighted by Gasteiger charge is -2.18. The van der Waals surface area contributed by atoms with Crippen LogP contribution in [0.3, 0.4) is 0 Å². The van der Waals surface area contributed by atoms with Crippen LogP contribution >= 0.6 is 0 Å². The Morgan fingerprint density at radius 3 is 2.00 bits per heavy atom. The van der Waals surface area contributed by atoms with E-state index in [4.69, 9.17) is 0 Å². The van der Waals surface area contributed by atoms with E-state index in [0.717, 1.165) is 5.92 Å². The van der Waals surface area contributed by atoms with Crippen LogP contribution in [0.1, 0.15) is 53.0 Å². The summed E-state index contributed by atoms with van der Waals surface area (Å²) in [6.07, 6.45) is 2.72. The Hall–Kier alpha value is -1.30. The Morgan fingerprint density at radius 1 is 0.900 bits per heavy atom. The summed E-state index contributed by atoms with van der Waals surface area (Å²) in [5.74, 6) is 0.865. The summed E-state index contributed by atoms with van der Waals surface area (Å²) in [6.45, 7) is 13.6. The normalized spacial score (nSPS) is 11.3. The molecule has 0 bridgehead atoms. The Labute approximate surface area is 125 Å².